The van der Waals surface area contributed by atoms with Crippen molar-refractivity contribution in [2.24, 2.45) is 0 Å². The molecule has 94 valence electrons. The van der Waals surface area contributed by atoms with Crippen LogP contribution in [0.2, 0.25) is 0 Å². The lowest BCUT2D eigenvalue weighted by molar-refractivity contribution is 0.413. The molecule has 0 spiro atoms. The molecule has 0 fully saturated rings. The number of benzene rings is 2. The summed E-state index contributed by atoms with van der Waals surface area (Å²) in [7, 11) is 1.67. The highest BCUT2D eigenvalue weighted by atomic mass is 79.9. The van der Waals surface area contributed by atoms with Crippen LogP contribution in [0.4, 0.5) is 5.69 Å². The zero-order chi connectivity index (χ0) is 13.1. The largest absolute Gasteiger partial charge is 0.497 e. The van der Waals surface area contributed by atoms with Crippen molar-refractivity contribution in [3.05, 3.63) is 46.4 Å². The minimum Gasteiger partial charge on any atom is -0.497 e. The molecule has 0 aliphatic rings. The van der Waals surface area contributed by atoms with Crippen LogP contribution in [0.1, 0.15) is 5.56 Å². The molecule has 0 bridgehead atoms. The topological polar surface area (TPSA) is 35.2 Å². The van der Waals surface area contributed by atoms with Crippen molar-refractivity contribution in [3.63, 3.8) is 0 Å². The molecule has 0 aliphatic heterocycles. The second-order valence-electron chi connectivity index (χ2n) is 3.92. The Morgan fingerprint density at radius 2 is 2.00 bits per heavy atom. The monoisotopic (exact) mass is 323 g/mol. The number of nitrogen functional groups attached to an aromatic ring is 1. The van der Waals surface area contributed by atoms with E-state index < -0.39 is 0 Å². The highest BCUT2D eigenvalue weighted by Gasteiger charge is 2.06. The number of nitrogens with two attached hydrogens (primary N) is 1. The van der Waals surface area contributed by atoms with Crippen LogP contribution in [0, 0.1) is 6.92 Å². The Morgan fingerprint density at radius 3 is 2.72 bits per heavy atom. The van der Waals surface area contributed by atoms with E-state index >= 15 is 0 Å². The number of hydrogen-bond acceptors (Lipinski definition) is 3. The third-order valence-electron chi connectivity index (χ3n) is 2.59. The van der Waals surface area contributed by atoms with Crippen LogP contribution in [0.25, 0.3) is 0 Å². The van der Waals surface area contributed by atoms with Gasteiger partial charge in [0, 0.05) is 20.0 Å². The van der Waals surface area contributed by atoms with Crippen LogP contribution < -0.4 is 10.5 Å². The zero-order valence-electron chi connectivity index (χ0n) is 10.2. The molecule has 2 aromatic rings. The van der Waals surface area contributed by atoms with E-state index in [1.54, 1.807) is 18.9 Å². The highest BCUT2D eigenvalue weighted by Crippen LogP contribution is 2.36. The number of hydrogen-bond donors (Lipinski definition) is 1. The molecule has 2 nitrogen and oxygen atoms in total. The molecule has 0 atom stereocenters. The van der Waals surface area contributed by atoms with E-state index in [9.17, 15) is 0 Å². The van der Waals surface area contributed by atoms with Gasteiger partial charge < -0.3 is 10.5 Å². The molecular weight excluding hydrogens is 310 g/mol. The van der Waals surface area contributed by atoms with Gasteiger partial charge in [-0.3, -0.25) is 0 Å². The quantitative estimate of drug-likeness (QED) is 0.844. The van der Waals surface area contributed by atoms with Gasteiger partial charge in [-0.15, -0.1) is 0 Å². The van der Waals surface area contributed by atoms with Crippen molar-refractivity contribution in [1.29, 1.82) is 0 Å². The number of ether oxygens (including phenoxy) is 1. The van der Waals surface area contributed by atoms with Gasteiger partial charge in [0.2, 0.25) is 0 Å². The molecule has 2 rings (SSSR count). The van der Waals surface area contributed by atoms with Crippen molar-refractivity contribution in [1.82, 2.24) is 0 Å². The zero-order valence-corrected chi connectivity index (χ0v) is 12.6. The fourth-order valence-corrected chi connectivity index (χ4v) is 3.11. The normalized spacial score (nSPS) is 10.4. The first kappa shape index (κ1) is 13.3. The Labute approximate surface area is 120 Å². The van der Waals surface area contributed by atoms with E-state index in [0.717, 1.165) is 31.3 Å². The van der Waals surface area contributed by atoms with E-state index in [0.29, 0.717) is 0 Å². The molecule has 0 saturated heterocycles. The maximum absolute atomic E-state index is 5.87. The number of aryl methyl sites for hydroxylation is 1. The van der Waals surface area contributed by atoms with Gasteiger partial charge in [-0.25, -0.2) is 0 Å². The Balaban J connectivity index is 2.30. The van der Waals surface area contributed by atoms with Gasteiger partial charge in [-0.05, 0) is 58.7 Å². The first-order chi connectivity index (χ1) is 8.60. The van der Waals surface area contributed by atoms with Gasteiger partial charge in [0.15, 0.2) is 0 Å². The third-order valence-corrected chi connectivity index (χ3v) is 4.56. The summed E-state index contributed by atoms with van der Waals surface area (Å²) < 4.78 is 6.23. The van der Waals surface area contributed by atoms with E-state index in [4.69, 9.17) is 10.5 Å². The van der Waals surface area contributed by atoms with E-state index in [2.05, 4.69) is 28.1 Å². The van der Waals surface area contributed by atoms with Crippen LogP contribution in [-0.2, 0) is 0 Å². The number of methoxy groups -OCH3 is 1. The van der Waals surface area contributed by atoms with Gasteiger partial charge in [0.05, 0.1) is 7.11 Å². The predicted octanol–water partition coefficient (Wildman–Crippen LogP) is 4.50. The summed E-state index contributed by atoms with van der Waals surface area (Å²) in [6.07, 6.45) is 0. The lowest BCUT2D eigenvalue weighted by Crippen LogP contribution is -1.90. The van der Waals surface area contributed by atoms with E-state index in [1.165, 1.54) is 0 Å². The van der Waals surface area contributed by atoms with Gasteiger partial charge in [-0.1, -0.05) is 17.8 Å². The van der Waals surface area contributed by atoms with Gasteiger partial charge in [0.25, 0.3) is 0 Å². The maximum atomic E-state index is 5.87. The lowest BCUT2D eigenvalue weighted by atomic mass is 10.2. The van der Waals surface area contributed by atoms with Gasteiger partial charge in [0.1, 0.15) is 5.75 Å². The van der Waals surface area contributed by atoms with Crippen LogP contribution in [0.3, 0.4) is 0 Å². The standard InChI is InChI=1S/C14H14BrNOS/c1-9-6-14(12(15)8-13(9)16)18-11-5-3-4-10(7-11)17-2/h3-8H,16H2,1-2H3. The van der Waals surface area contributed by atoms with Crippen LogP contribution >= 0.6 is 27.7 Å². The lowest BCUT2D eigenvalue weighted by Gasteiger charge is -2.09. The van der Waals surface area contributed by atoms with Crippen molar-refractivity contribution in [2.75, 3.05) is 12.8 Å². The molecule has 2 N–H and O–H groups in total. The number of halogens is 1. The minimum atomic E-state index is 0.803. The van der Waals surface area contributed by atoms with Gasteiger partial charge in [-0.2, -0.15) is 0 Å². The van der Waals surface area contributed by atoms with Crippen molar-refractivity contribution in [3.8, 4) is 5.75 Å². The Bertz CT molecular complexity index is 572. The molecular formula is C14H14BrNOS. The minimum absolute atomic E-state index is 0.803. The molecule has 0 heterocycles. The van der Waals surface area contributed by atoms with Crippen molar-refractivity contribution >= 4 is 33.4 Å². The average Bonchev–Trinajstić information content (AvgIpc) is 2.36. The molecule has 0 aliphatic carbocycles. The van der Waals surface area contributed by atoms with Crippen molar-refractivity contribution < 1.29 is 4.74 Å². The van der Waals surface area contributed by atoms with Crippen LogP contribution in [0.15, 0.2) is 50.7 Å². The SMILES string of the molecule is COc1cccc(Sc2cc(C)c(N)cc2Br)c1. The Hall–Kier alpha value is -1.13. The molecule has 0 saturated carbocycles. The third kappa shape index (κ3) is 3.00. The molecule has 0 aromatic heterocycles. The first-order valence-corrected chi connectivity index (χ1v) is 7.08. The van der Waals surface area contributed by atoms with Gasteiger partial charge >= 0.3 is 0 Å². The van der Waals surface area contributed by atoms with E-state index in [-0.39, 0.29) is 0 Å². The highest BCUT2D eigenvalue weighted by molar-refractivity contribution is 9.10. The first-order valence-electron chi connectivity index (χ1n) is 5.47. The molecule has 0 amide bonds. The summed E-state index contributed by atoms with van der Waals surface area (Å²) in [6.45, 7) is 2.01. The summed E-state index contributed by atoms with van der Waals surface area (Å²) in [5.74, 6) is 0.864. The van der Waals surface area contributed by atoms with E-state index in [1.807, 2.05) is 31.2 Å². The summed E-state index contributed by atoms with van der Waals surface area (Å²) in [5.41, 5.74) is 7.76. The molecule has 2 aromatic carbocycles. The summed E-state index contributed by atoms with van der Waals surface area (Å²) >= 11 is 5.23. The molecule has 0 radical (unpaired) electrons. The maximum Gasteiger partial charge on any atom is 0.119 e. The Morgan fingerprint density at radius 1 is 1.22 bits per heavy atom. The van der Waals surface area contributed by atoms with Crippen LogP contribution in [0.5, 0.6) is 5.75 Å². The Kier molecular flexibility index (Phi) is 4.19. The number of anilines is 1. The second-order valence-corrected chi connectivity index (χ2v) is 5.89. The summed E-state index contributed by atoms with van der Waals surface area (Å²) in [6, 6.07) is 12.0. The second kappa shape index (κ2) is 5.67. The summed E-state index contributed by atoms with van der Waals surface area (Å²) in [4.78, 5) is 2.29. The molecule has 0 unspecified atom stereocenters. The molecule has 18 heavy (non-hydrogen) atoms. The average molecular weight is 324 g/mol. The molecule has 4 heteroatoms. The van der Waals surface area contributed by atoms with Crippen LogP contribution in [-0.4, -0.2) is 7.11 Å². The predicted molar refractivity (Wildman–Crippen MR) is 80.4 cm³/mol. The van der Waals surface area contributed by atoms with Crippen molar-refractivity contribution in [2.45, 2.75) is 16.7 Å². The number of rotatable bonds is 3. The summed E-state index contributed by atoms with van der Waals surface area (Å²) in [5, 5.41) is 0. The fraction of sp³-hybridized carbons (Fsp3) is 0.143. The smallest absolute Gasteiger partial charge is 0.119 e. The fourth-order valence-electron chi connectivity index (χ4n) is 1.54.